The van der Waals surface area contributed by atoms with Gasteiger partial charge in [0.1, 0.15) is 0 Å². The predicted octanol–water partition coefficient (Wildman–Crippen LogP) is 2.50. The first-order chi connectivity index (χ1) is 7.63. The first kappa shape index (κ1) is 10.5. The lowest BCUT2D eigenvalue weighted by atomic mass is 10.1. The van der Waals surface area contributed by atoms with Crippen LogP contribution in [0.4, 0.5) is 4.39 Å². The Morgan fingerprint density at radius 3 is 2.69 bits per heavy atom. The van der Waals surface area contributed by atoms with E-state index in [2.05, 4.69) is 5.16 Å². The highest BCUT2D eigenvalue weighted by molar-refractivity contribution is 5.66. The summed E-state index contributed by atoms with van der Waals surface area (Å²) in [6.07, 6.45) is 0. The summed E-state index contributed by atoms with van der Waals surface area (Å²) in [4.78, 5) is 0. The Hall–Kier alpha value is -2.04. The minimum atomic E-state index is -0.514. The van der Waals surface area contributed by atoms with E-state index in [4.69, 9.17) is 9.26 Å². The number of ether oxygens (including phenoxy) is 1. The van der Waals surface area contributed by atoms with E-state index in [-0.39, 0.29) is 17.2 Å². The van der Waals surface area contributed by atoms with Crippen molar-refractivity contribution in [2.24, 2.45) is 0 Å². The highest BCUT2D eigenvalue weighted by Crippen LogP contribution is 2.32. The number of methoxy groups -OCH3 is 1. The van der Waals surface area contributed by atoms with Gasteiger partial charge in [0.25, 0.3) is 0 Å². The molecule has 0 fully saturated rings. The molecule has 4 nitrogen and oxygen atoms in total. The van der Waals surface area contributed by atoms with Crippen molar-refractivity contribution in [3.8, 4) is 22.8 Å². The number of aromatic hydroxyl groups is 1. The molecule has 0 aliphatic heterocycles. The number of benzene rings is 1. The maximum atomic E-state index is 13.4. The SMILES string of the molecule is COc1ccc(-c2noc(C)c2O)cc1F. The van der Waals surface area contributed by atoms with Crippen molar-refractivity contribution in [1.82, 2.24) is 5.16 Å². The molecule has 0 bridgehead atoms. The summed E-state index contributed by atoms with van der Waals surface area (Å²) in [5.74, 6) is -0.153. The van der Waals surface area contributed by atoms with E-state index in [1.54, 1.807) is 13.0 Å². The number of aromatic nitrogens is 1. The molecule has 0 unspecified atom stereocenters. The first-order valence-electron chi connectivity index (χ1n) is 4.62. The number of rotatable bonds is 2. The van der Waals surface area contributed by atoms with Crippen LogP contribution in [0, 0.1) is 12.7 Å². The van der Waals surface area contributed by atoms with Gasteiger partial charge in [-0.2, -0.15) is 0 Å². The summed E-state index contributed by atoms with van der Waals surface area (Å²) in [6, 6.07) is 4.29. The molecule has 0 atom stereocenters. The van der Waals surface area contributed by atoms with E-state index in [1.165, 1.54) is 19.2 Å². The Labute approximate surface area is 91.3 Å². The molecule has 0 aliphatic rings. The highest BCUT2D eigenvalue weighted by atomic mass is 19.1. The van der Waals surface area contributed by atoms with Crippen LogP contribution < -0.4 is 4.74 Å². The molecular weight excluding hydrogens is 213 g/mol. The first-order valence-corrected chi connectivity index (χ1v) is 4.62. The summed E-state index contributed by atoms with van der Waals surface area (Å²) in [5, 5.41) is 13.2. The van der Waals surface area contributed by atoms with Gasteiger partial charge in [-0.3, -0.25) is 0 Å². The van der Waals surface area contributed by atoms with Crippen LogP contribution in [0.1, 0.15) is 5.76 Å². The molecule has 5 heteroatoms. The maximum absolute atomic E-state index is 13.4. The van der Waals surface area contributed by atoms with Crippen LogP contribution in [0.15, 0.2) is 22.7 Å². The molecule has 0 saturated heterocycles. The van der Waals surface area contributed by atoms with Gasteiger partial charge in [0.05, 0.1) is 7.11 Å². The van der Waals surface area contributed by atoms with Gasteiger partial charge in [-0.05, 0) is 18.2 Å². The normalized spacial score (nSPS) is 10.4. The highest BCUT2D eigenvalue weighted by Gasteiger charge is 2.15. The predicted molar refractivity (Wildman–Crippen MR) is 54.9 cm³/mol. The average molecular weight is 223 g/mol. The zero-order chi connectivity index (χ0) is 11.7. The number of hydrogen-bond acceptors (Lipinski definition) is 4. The van der Waals surface area contributed by atoms with Gasteiger partial charge in [0.15, 0.2) is 28.8 Å². The lowest BCUT2D eigenvalue weighted by Crippen LogP contribution is -1.88. The van der Waals surface area contributed by atoms with Crippen LogP contribution in [-0.2, 0) is 0 Å². The minimum Gasteiger partial charge on any atom is -0.503 e. The molecular formula is C11H10FNO3. The van der Waals surface area contributed by atoms with Crippen molar-refractivity contribution < 1.29 is 18.8 Å². The number of halogens is 1. The van der Waals surface area contributed by atoms with Crippen LogP contribution in [0.25, 0.3) is 11.3 Å². The Morgan fingerprint density at radius 1 is 1.44 bits per heavy atom. The summed E-state index contributed by atoms with van der Waals surface area (Å²) in [5.41, 5.74) is 0.659. The van der Waals surface area contributed by atoms with E-state index >= 15 is 0 Å². The van der Waals surface area contributed by atoms with Crippen molar-refractivity contribution in [2.45, 2.75) is 6.92 Å². The fourth-order valence-corrected chi connectivity index (χ4v) is 1.37. The molecule has 1 N–H and O–H groups in total. The summed E-state index contributed by atoms with van der Waals surface area (Å²) in [6.45, 7) is 1.58. The Balaban J connectivity index is 2.49. The van der Waals surface area contributed by atoms with Crippen LogP contribution in [-0.4, -0.2) is 17.4 Å². The third-order valence-electron chi connectivity index (χ3n) is 2.26. The molecule has 1 aromatic heterocycles. The molecule has 1 heterocycles. The van der Waals surface area contributed by atoms with Gasteiger partial charge < -0.3 is 14.4 Å². The van der Waals surface area contributed by atoms with Gasteiger partial charge >= 0.3 is 0 Å². The van der Waals surface area contributed by atoms with Gasteiger partial charge in [0.2, 0.25) is 0 Å². The quantitative estimate of drug-likeness (QED) is 0.849. The molecule has 2 rings (SSSR count). The minimum absolute atomic E-state index is 0.0791. The monoisotopic (exact) mass is 223 g/mol. The summed E-state index contributed by atoms with van der Waals surface area (Å²) >= 11 is 0. The van der Waals surface area contributed by atoms with Crippen molar-refractivity contribution >= 4 is 0 Å². The molecule has 0 amide bonds. The smallest absolute Gasteiger partial charge is 0.186 e. The molecule has 0 aliphatic carbocycles. The van der Waals surface area contributed by atoms with Gasteiger partial charge in [-0.1, -0.05) is 5.16 Å². The second-order valence-corrected chi connectivity index (χ2v) is 3.29. The Morgan fingerprint density at radius 2 is 2.19 bits per heavy atom. The van der Waals surface area contributed by atoms with E-state index in [0.717, 1.165) is 0 Å². The average Bonchev–Trinajstić information content (AvgIpc) is 2.60. The number of hydrogen-bond donors (Lipinski definition) is 1. The van der Waals surface area contributed by atoms with E-state index in [9.17, 15) is 9.50 Å². The van der Waals surface area contributed by atoms with Crippen molar-refractivity contribution in [1.29, 1.82) is 0 Å². The second-order valence-electron chi connectivity index (χ2n) is 3.29. The zero-order valence-corrected chi connectivity index (χ0v) is 8.82. The zero-order valence-electron chi connectivity index (χ0n) is 8.82. The topological polar surface area (TPSA) is 55.5 Å². The van der Waals surface area contributed by atoms with Crippen molar-refractivity contribution in [2.75, 3.05) is 7.11 Å². The number of aryl methyl sites for hydroxylation is 1. The molecule has 0 radical (unpaired) electrons. The van der Waals surface area contributed by atoms with Gasteiger partial charge in [-0.15, -0.1) is 0 Å². The van der Waals surface area contributed by atoms with Crippen LogP contribution >= 0.6 is 0 Å². The molecule has 2 aromatic rings. The van der Waals surface area contributed by atoms with Crippen LogP contribution in [0.5, 0.6) is 11.5 Å². The maximum Gasteiger partial charge on any atom is 0.186 e. The van der Waals surface area contributed by atoms with Crippen molar-refractivity contribution in [3.05, 3.63) is 29.8 Å². The van der Waals surface area contributed by atoms with Gasteiger partial charge in [0, 0.05) is 12.5 Å². The molecule has 0 saturated carbocycles. The van der Waals surface area contributed by atoms with Crippen molar-refractivity contribution in [3.63, 3.8) is 0 Å². The fraction of sp³-hybridized carbons (Fsp3) is 0.182. The van der Waals surface area contributed by atoms with Crippen LogP contribution in [0.3, 0.4) is 0 Å². The standard InChI is InChI=1S/C11H10FNO3/c1-6-11(14)10(13-16-6)7-3-4-9(15-2)8(12)5-7/h3-5,14H,1-2H3. The molecule has 1 aromatic carbocycles. The second kappa shape index (κ2) is 3.84. The number of nitrogens with zero attached hydrogens (tertiary/aromatic N) is 1. The molecule has 16 heavy (non-hydrogen) atoms. The fourth-order valence-electron chi connectivity index (χ4n) is 1.37. The summed E-state index contributed by atoms with van der Waals surface area (Å²) in [7, 11) is 1.38. The molecule has 0 spiro atoms. The summed E-state index contributed by atoms with van der Waals surface area (Å²) < 4.78 is 23.0. The third-order valence-corrected chi connectivity index (χ3v) is 2.26. The Kier molecular flexibility index (Phi) is 2.52. The van der Waals surface area contributed by atoms with E-state index in [0.29, 0.717) is 11.3 Å². The lowest BCUT2D eigenvalue weighted by molar-refractivity contribution is 0.383. The van der Waals surface area contributed by atoms with E-state index < -0.39 is 5.82 Å². The van der Waals surface area contributed by atoms with Gasteiger partial charge in [-0.25, -0.2) is 4.39 Å². The van der Waals surface area contributed by atoms with Crippen LogP contribution in [0.2, 0.25) is 0 Å². The molecule has 84 valence electrons. The third kappa shape index (κ3) is 1.60. The lowest BCUT2D eigenvalue weighted by Gasteiger charge is -2.02. The van der Waals surface area contributed by atoms with E-state index in [1.807, 2.05) is 0 Å². The largest absolute Gasteiger partial charge is 0.503 e. The Bertz CT molecular complexity index is 522.